The third kappa shape index (κ3) is 4.04. The average Bonchev–Trinajstić information content (AvgIpc) is 3.38. The summed E-state index contributed by atoms with van der Waals surface area (Å²) in [5.74, 6) is -0.351. The first-order valence-corrected chi connectivity index (χ1v) is 9.85. The number of rotatable bonds is 4. The second-order valence-corrected chi connectivity index (χ2v) is 8.27. The van der Waals surface area contributed by atoms with Crippen molar-refractivity contribution in [1.29, 1.82) is 0 Å². The van der Waals surface area contributed by atoms with Gasteiger partial charge in [-0.15, -0.1) is 16.4 Å². The van der Waals surface area contributed by atoms with E-state index in [2.05, 4.69) is 51.4 Å². The van der Waals surface area contributed by atoms with E-state index < -0.39 is 0 Å². The number of hydrogen-bond acceptors (Lipinski definition) is 7. The van der Waals surface area contributed by atoms with Gasteiger partial charge in [0.15, 0.2) is 10.8 Å². The molecule has 29 heavy (non-hydrogen) atoms. The van der Waals surface area contributed by atoms with Crippen molar-refractivity contribution in [2.24, 2.45) is 0 Å². The molecule has 4 aromatic rings. The summed E-state index contributed by atoms with van der Waals surface area (Å²) < 4.78 is 1.44. The lowest BCUT2D eigenvalue weighted by molar-refractivity contribution is 0.101. The lowest BCUT2D eigenvalue weighted by atomic mass is 9.87. The van der Waals surface area contributed by atoms with Gasteiger partial charge < -0.3 is 0 Å². The fraction of sp³-hybridized carbons (Fsp3) is 0.200. The second-order valence-electron chi connectivity index (χ2n) is 7.41. The van der Waals surface area contributed by atoms with Gasteiger partial charge in [-0.05, 0) is 35.2 Å². The van der Waals surface area contributed by atoms with Gasteiger partial charge in [-0.3, -0.25) is 20.1 Å². The number of anilines is 1. The maximum absolute atomic E-state index is 12.7. The van der Waals surface area contributed by atoms with E-state index in [1.165, 1.54) is 27.8 Å². The molecule has 0 aliphatic heterocycles. The maximum atomic E-state index is 12.7. The van der Waals surface area contributed by atoms with Crippen LogP contribution in [0.15, 0.2) is 54.4 Å². The number of carbonyl (C=O) groups excluding carboxylic acids is 1. The first-order chi connectivity index (χ1) is 13.9. The lowest BCUT2D eigenvalue weighted by Crippen LogP contribution is -2.17. The van der Waals surface area contributed by atoms with Gasteiger partial charge in [0.25, 0.3) is 5.91 Å². The van der Waals surface area contributed by atoms with Crippen LogP contribution in [0.5, 0.6) is 0 Å². The Morgan fingerprint density at radius 1 is 1.14 bits per heavy atom. The first kappa shape index (κ1) is 18.9. The summed E-state index contributed by atoms with van der Waals surface area (Å²) in [4.78, 5) is 25.7. The van der Waals surface area contributed by atoms with E-state index in [0.29, 0.717) is 16.5 Å². The number of amides is 1. The summed E-state index contributed by atoms with van der Waals surface area (Å²) in [6.07, 6.45) is 6.46. The fourth-order valence-electron chi connectivity index (χ4n) is 2.71. The Morgan fingerprint density at radius 3 is 2.76 bits per heavy atom. The van der Waals surface area contributed by atoms with Gasteiger partial charge in [0.05, 0.1) is 23.8 Å². The summed E-state index contributed by atoms with van der Waals surface area (Å²) in [5.41, 5.74) is 3.63. The molecule has 8 nitrogen and oxygen atoms in total. The van der Waals surface area contributed by atoms with Crippen molar-refractivity contribution in [1.82, 2.24) is 29.9 Å². The van der Waals surface area contributed by atoms with Crippen LogP contribution in [0.25, 0.3) is 17.1 Å². The Balaban J connectivity index is 1.55. The highest BCUT2D eigenvalue weighted by Gasteiger charge is 2.18. The quantitative estimate of drug-likeness (QED) is 0.555. The van der Waals surface area contributed by atoms with Crippen molar-refractivity contribution < 1.29 is 4.79 Å². The molecule has 0 atom stereocenters. The average molecular weight is 405 g/mol. The van der Waals surface area contributed by atoms with E-state index in [1.54, 1.807) is 30.7 Å². The Labute approximate surface area is 171 Å². The molecular formula is C20H19N7OS. The number of aromatic nitrogens is 6. The minimum Gasteiger partial charge on any atom is -0.296 e. The molecule has 1 N–H and O–H groups in total. The van der Waals surface area contributed by atoms with Gasteiger partial charge >= 0.3 is 0 Å². The number of carbonyl (C=O) groups is 1. The van der Waals surface area contributed by atoms with Crippen LogP contribution >= 0.6 is 11.3 Å². The van der Waals surface area contributed by atoms with E-state index in [1.807, 2.05) is 17.5 Å². The number of pyridine rings is 2. The zero-order valence-corrected chi connectivity index (χ0v) is 17.0. The van der Waals surface area contributed by atoms with Gasteiger partial charge in [-0.2, -0.15) is 0 Å². The minimum atomic E-state index is -0.351. The fourth-order valence-corrected chi connectivity index (χ4v) is 3.41. The molecule has 4 heterocycles. The van der Waals surface area contributed by atoms with Crippen LogP contribution in [-0.4, -0.2) is 35.9 Å². The van der Waals surface area contributed by atoms with Crippen LogP contribution in [-0.2, 0) is 5.41 Å². The summed E-state index contributed by atoms with van der Waals surface area (Å²) in [6, 6.07) is 7.60. The van der Waals surface area contributed by atoms with Crippen molar-refractivity contribution >= 4 is 22.4 Å². The topological polar surface area (TPSA) is 98.5 Å². The monoisotopic (exact) mass is 405 g/mol. The molecule has 0 aromatic carbocycles. The normalized spacial score (nSPS) is 11.4. The molecule has 0 spiro atoms. The van der Waals surface area contributed by atoms with Crippen molar-refractivity contribution in [3.05, 3.63) is 65.7 Å². The predicted molar refractivity (Wildman–Crippen MR) is 111 cm³/mol. The molecule has 0 radical (unpaired) electrons. The number of hydrogen-bond donors (Lipinski definition) is 1. The molecule has 1 amide bonds. The summed E-state index contributed by atoms with van der Waals surface area (Å²) in [6.45, 7) is 6.45. The Hall–Kier alpha value is -3.46. The number of nitrogens with one attached hydrogen (secondary N) is 1. The van der Waals surface area contributed by atoms with E-state index in [9.17, 15) is 4.79 Å². The third-order valence-corrected chi connectivity index (χ3v) is 5.04. The number of thiazole rings is 1. The van der Waals surface area contributed by atoms with E-state index >= 15 is 0 Å². The molecule has 0 saturated carbocycles. The zero-order valence-electron chi connectivity index (χ0n) is 16.2. The van der Waals surface area contributed by atoms with Crippen molar-refractivity contribution in [2.75, 3.05) is 5.32 Å². The van der Waals surface area contributed by atoms with E-state index in [0.717, 1.165) is 11.4 Å². The lowest BCUT2D eigenvalue weighted by Gasteiger charge is -2.18. The first-order valence-electron chi connectivity index (χ1n) is 8.97. The van der Waals surface area contributed by atoms with Gasteiger partial charge in [0.2, 0.25) is 0 Å². The third-order valence-electron chi connectivity index (χ3n) is 4.29. The molecule has 9 heteroatoms. The standard InChI is InChI=1S/C20H19N7OS/c1-20(2,3)13-6-8-22-15(9-13)16-12-29-19(24-16)25-18(28)17-11-23-26-27(17)14-5-4-7-21-10-14/h4-12H,1-3H3,(H,24,25,28). The molecule has 0 aliphatic carbocycles. The largest absolute Gasteiger partial charge is 0.296 e. The van der Waals surface area contributed by atoms with E-state index in [4.69, 9.17) is 0 Å². The highest BCUT2D eigenvalue weighted by molar-refractivity contribution is 7.14. The highest BCUT2D eigenvalue weighted by Crippen LogP contribution is 2.28. The molecule has 146 valence electrons. The predicted octanol–water partition coefficient (Wildman–Crippen LogP) is 3.73. The molecule has 0 bridgehead atoms. The van der Waals surface area contributed by atoms with Gasteiger partial charge in [-0.1, -0.05) is 26.0 Å². The maximum Gasteiger partial charge on any atom is 0.277 e. The Morgan fingerprint density at radius 2 is 2.00 bits per heavy atom. The molecule has 4 rings (SSSR count). The van der Waals surface area contributed by atoms with Gasteiger partial charge in [-0.25, -0.2) is 9.67 Å². The van der Waals surface area contributed by atoms with Crippen LogP contribution in [0, 0.1) is 0 Å². The molecule has 0 saturated heterocycles. The Bertz CT molecular complexity index is 1140. The van der Waals surface area contributed by atoms with Gasteiger partial charge in [0.1, 0.15) is 5.69 Å². The van der Waals surface area contributed by atoms with Gasteiger partial charge in [0, 0.05) is 17.8 Å². The molecule has 0 aliphatic rings. The zero-order chi connectivity index (χ0) is 20.4. The van der Waals surface area contributed by atoms with Crippen molar-refractivity contribution in [3.8, 4) is 17.1 Å². The summed E-state index contributed by atoms with van der Waals surface area (Å²) >= 11 is 1.34. The van der Waals surface area contributed by atoms with Crippen LogP contribution in [0.3, 0.4) is 0 Å². The SMILES string of the molecule is CC(C)(C)c1ccnc(-c2csc(NC(=O)c3cnnn3-c3cccnc3)n2)c1. The smallest absolute Gasteiger partial charge is 0.277 e. The molecule has 0 unspecified atom stereocenters. The summed E-state index contributed by atoms with van der Waals surface area (Å²) in [7, 11) is 0. The molecular weight excluding hydrogens is 386 g/mol. The van der Waals surface area contributed by atoms with Crippen molar-refractivity contribution in [3.63, 3.8) is 0 Å². The van der Waals surface area contributed by atoms with Crippen LogP contribution in [0.4, 0.5) is 5.13 Å². The van der Waals surface area contributed by atoms with Crippen LogP contribution < -0.4 is 5.32 Å². The molecule has 0 fully saturated rings. The number of nitrogens with zero attached hydrogens (tertiary/aromatic N) is 6. The molecule has 4 aromatic heterocycles. The summed E-state index contributed by atoms with van der Waals surface area (Å²) in [5, 5.41) is 13.0. The minimum absolute atomic E-state index is 0.0163. The van der Waals surface area contributed by atoms with E-state index in [-0.39, 0.29) is 11.3 Å². The Kier molecular flexibility index (Phi) is 4.89. The van der Waals surface area contributed by atoms with Crippen LogP contribution in [0.1, 0.15) is 36.8 Å². The second kappa shape index (κ2) is 7.51. The van der Waals surface area contributed by atoms with Crippen molar-refractivity contribution in [2.45, 2.75) is 26.2 Å². The highest BCUT2D eigenvalue weighted by atomic mass is 32.1. The van der Waals surface area contributed by atoms with Crippen LogP contribution in [0.2, 0.25) is 0 Å².